The lowest BCUT2D eigenvalue weighted by Crippen LogP contribution is -2.21. The molecule has 0 spiro atoms. The molecule has 3 heteroatoms. The third-order valence-electron chi connectivity index (χ3n) is 2.59. The zero-order chi connectivity index (χ0) is 12.3. The number of nitrogens with one attached hydrogen (secondary N) is 1. The predicted octanol–water partition coefficient (Wildman–Crippen LogP) is 3.15. The highest BCUT2D eigenvalue weighted by molar-refractivity contribution is 5.57. The maximum Gasteiger partial charge on any atom is 0.167 e. The summed E-state index contributed by atoms with van der Waals surface area (Å²) in [7, 11) is 0. The quantitative estimate of drug-likeness (QED) is 0.876. The molecule has 3 nitrogen and oxygen atoms in total. The Balaban J connectivity index is 2.10. The number of aromatic nitrogens is 1. The second kappa shape index (κ2) is 5.15. The molecule has 1 aromatic heterocycles. The van der Waals surface area contributed by atoms with Crippen LogP contribution in [0.2, 0.25) is 0 Å². The number of hydrogen-bond donors (Lipinski definition) is 1. The van der Waals surface area contributed by atoms with Gasteiger partial charge in [0.2, 0.25) is 0 Å². The fourth-order valence-corrected chi connectivity index (χ4v) is 1.56. The molecule has 0 saturated carbocycles. The molecule has 0 aliphatic carbocycles. The van der Waals surface area contributed by atoms with Crippen LogP contribution >= 0.6 is 0 Å². The molecule has 1 aromatic carbocycles. The Hall–Kier alpha value is -1.61. The number of hydrogen-bond acceptors (Lipinski definition) is 3. The van der Waals surface area contributed by atoms with Gasteiger partial charge in [0, 0.05) is 24.2 Å². The summed E-state index contributed by atoms with van der Waals surface area (Å²) in [5.41, 5.74) is 3.25. The van der Waals surface area contributed by atoms with Crippen LogP contribution in [0.4, 0.5) is 0 Å². The van der Waals surface area contributed by atoms with Crippen molar-refractivity contribution < 1.29 is 4.52 Å². The van der Waals surface area contributed by atoms with Crippen LogP contribution in [0, 0.1) is 6.92 Å². The molecule has 0 amide bonds. The van der Waals surface area contributed by atoms with E-state index >= 15 is 0 Å². The van der Waals surface area contributed by atoms with E-state index in [1.165, 1.54) is 5.56 Å². The van der Waals surface area contributed by atoms with Crippen molar-refractivity contribution in [2.75, 3.05) is 0 Å². The Bertz CT molecular complexity index is 471. The molecule has 0 saturated heterocycles. The molecule has 2 rings (SSSR count). The third kappa shape index (κ3) is 3.17. The maximum atomic E-state index is 5.33. The molecule has 90 valence electrons. The molecular weight excluding hydrogens is 212 g/mol. The van der Waals surface area contributed by atoms with Gasteiger partial charge in [-0.05, 0) is 6.92 Å². The fraction of sp³-hybridized carbons (Fsp3) is 0.357. The van der Waals surface area contributed by atoms with Crippen LogP contribution in [-0.4, -0.2) is 11.2 Å². The van der Waals surface area contributed by atoms with Gasteiger partial charge in [0.25, 0.3) is 0 Å². The Morgan fingerprint density at radius 2 is 1.94 bits per heavy atom. The first-order valence-electron chi connectivity index (χ1n) is 5.91. The van der Waals surface area contributed by atoms with Crippen LogP contribution in [-0.2, 0) is 6.54 Å². The predicted molar refractivity (Wildman–Crippen MR) is 68.7 cm³/mol. The molecule has 0 fully saturated rings. The van der Waals surface area contributed by atoms with Gasteiger partial charge in [-0.3, -0.25) is 0 Å². The molecule has 0 unspecified atom stereocenters. The smallest absolute Gasteiger partial charge is 0.167 e. The SMILES string of the molecule is Cc1ccc(-c2cc(CNC(C)C)no2)cc1. The van der Waals surface area contributed by atoms with Crippen LogP contribution in [0.1, 0.15) is 25.1 Å². The van der Waals surface area contributed by atoms with E-state index in [9.17, 15) is 0 Å². The normalized spacial score (nSPS) is 11.1. The van der Waals surface area contributed by atoms with Gasteiger partial charge in [0.05, 0.1) is 5.69 Å². The first-order valence-corrected chi connectivity index (χ1v) is 5.91. The van der Waals surface area contributed by atoms with Gasteiger partial charge in [0.15, 0.2) is 5.76 Å². The number of benzene rings is 1. The van der Waals surface area contributed by atoms with Gasteiger partial charge in [-0.25, -0.2) is 0 Å². The lowest BCUT2D eigenvalue weighted by atomic mass is 10.1. The van der Waals surface area contributed by atoms with E-state index in [1.807, 2.05) is 6.07 Å². The first kappa shape index (κ1) is 11.9. The minimum absolute atomic E-state index is 0.453. The highest BCUT2D eigenvalue weighted by Crippen LogP contribution is 2.20. The lowest BCUT2D eigenvalue weighted by molar-refractivity contribution is 0.417. The first-order chi connectivity index (χ1) is 8.15. The molecule has 0 aliphatic heterocycles. The Kier molecular flexibility index (Phi) is 3.59. The van der Waals surface area contributed by atoms with Crippen LogP contribution in [0.15, 0.2) is 34.9 Å². The lowest BCUT2D eigenvalue weighted by Gasteiger charge is -2.03. The minimum atomic E-state index is 0.453. The summed E-state index contributed by atoms with van der Waals surface area (Å²) in [5.74, 6) is 0.825. The summed E-state index contributed by atoms with van der Waals surface area (Å²) in [6.07, 6.45) is 0. The summed E-state index contributed by atoms with van der Waals surface area (Å²) in [4.78, 5) is 0. The molecule has 0 aliphatic rings. The van der Waals surface area contributed by atoms with E-state index in [1.54, 1.807) is 0 Å². The Labute approximate surface area is 102 Å². The van der Waals surface area contributed by atoms with E-state index in [2.05, 4.69) is 55.5 Å². The number of aryl methyl sites for hydroxylation is 1. The van der Waals surface area contributed by atoms with Crippen LogP contribution < -0.4 is 5.32 Å². The van der Waals surface area contributed by atoms with E-state index in [0.717, 1.165) is 23.6 Å². The third-order valence-corrected chi connectivity index (χ3v) is 2.59. The molecule has 0 atom stereocenters. The molecular formula is C14H18N2O. The zero-order valence-corrected chi connectivity index (χ0v) is 10.5. The molecule has 1 heterocycles. The van der Waals surface area contributed by atoms with Gasteiger partial charge < -0.3 is 9.84 Å². The van der Waals surface area contributed by atoms with Crippen molar-refractivity contribution >= 4 is 0 Å². The molecule has 0 bridgehead atoms. The van der Waals surface area contributed by atoms with Gasteiger partial charge in [-0.15, -0.1) is 0 Å². The molecule has 1 N–H and O–H groups in total. The summed E-state index contributed by atoms with van der Waals surface area (Å²) >= 11 is 0. The summed E-state index contributed by atoms with van der Waals surface area (Å²) < 4.78 is 5.33. The van der Waals surface area contributed by atoms with Crippen molar-refractivity contribution in [3.8, 4) is 11.3 Å². The molecule has 2 aromatic rings. The summed E-state index contributed by atoms with van der Waals surface area (Å²) in [6.45, 7) is 7.04. The van der Waals surface area contributed by atoms with Crippen molar-refractivity contribution in [3.05, 3.63) is 41.6 Å². The highest BCUT2D eigenvalue weighted by Gasteiger charge is 2.06. The van der Waals surface area contributed by atoms with Gasteiger partial charge >= 0.3 is 0 Å². The van der Waals surface area contributed by atoms with Crippen molar-refractivity contribution in [2.45, 2.75) is 33.4 Å². The monoisotopic (exact) mass is 230 g/mol. The zero-order valence-electron chi connectivity index (χ0n) is 10.5. The second-order valence-electron chi connectivity index (χ2n) is 4.58. The van der Waals surface area contributed by atoms with Crippen molar-refractivity contribution in [3.63, 3.8) is 0 Å². The standard InChI is InChI=1S/C14H18N2O/c1-10(2)15-9-13-8-14(17-16-13)12-6-4-11(3)5-7-12/h4-8,10,15H,9H2,1-3H3. The van der Waals surface area contributed by atoms with Crippen molar-refractivity contribution in [1.29, 1.82) is 0 Å². The maximum absolute atomic E-state index is 5.33. The number of rotatable bonds is 4. The number of nitrogens with zero attached hydrogens (tertiary/aromatic N) is 1. The topological polar surface area (TPSA) is 38.1 Å². The second-order valence-corrected chi connectivity index (χ2v) is 4.58. The summed E-state index contributed by atoms with van der Waals surface area (Å²) in [6, 6.07) is 10.7. The summed E-state index contributed by atoms with van der Waals surface area (Å²) in [5, 5.41) is 7.36. The minimum Gasteiger partial charge on any atom is -0.356 e. The molecule has 0 radical (unpaired) electrons. The van der Waals surface area contributed by atoms with E-state index in [-0.39, 0.29) is 0 Å². The largest absolute Gasteiger partial charge is 0.356 e. The fourth-order valence-electron chi connectivity index (χ4n) is 1.56. The Morgan fingerprint density at radius 1 is 1.24 bits per heavy atom. The van der Waals surface area contributed by atoms with Crippen LogP contribution in [0.3, 0.4) is 0 Å². The van der Waals surface area contributed by atoms with Gasteiger partial charge in [0.1, 0.15) is 0 Å². The van der Waals surface area contributed by atoms with Crippen molar-refractivity contribution in [2.24, 2.45) is 0 Å². The van der Waals surface area contributed by atoms with Gasteiger partial charge in [-0.2, -0.15) is 0 Å². The van der Waals surface area contributed by atoms with Gasteiger partial charge in [-0.1, -0.05) is 48.8 Å². The average molecular weight is 230 g/mol. The highest BCUT2D eigenvalue weighted by atomic mass is 16.5. The van der Waals surface area contributed by atoms with E-state index < -0.39 is 0 Å². The van der Waals surface area contributed by atoms with Crippen molar-refractivity contribution in [1.82, 2.24) is 10.5 Å². The van der Waals surface area contributed by atoms with Crippen LogP contribution in [0.5, 0.6) is 0 Å². The van der Waals surface area contributed by atoms with Crippen LogP contribution in [0.25, 0.3) is 11.3 Å². The average Bonchev–Trinajstić information content (AvgIpc) is 2.76. The molecule has 17 heavy (non-hydrogen) atoms. The Morgan fingerprint density at radius 3 is 2.59 bits per heavy atom. The van der Waals surface area contributed by atoms with E-state index in [4.69, 9.17) is 4.52 Å². The van der Waals surface area contributed by atoms with E-state index in [0.29, 0.717) is 6.04 Å².